The summed E-state index contributed by atoms with van der Waals surface area (Å²) in [6, 6.07) is 30.3. The number of hydroxylamine groups is 4. The largest absolute Gasteiger partial charge is 0.518 e. The number of aliphatic hydroxyl groups is 2. The summed E-state index contributed by atoms with van der Waals surface area (Å²) in [5.74, 6) is 0.144. The number of rotatable bonds is 25. The van der Waals surface area contributed by atoms with Crippen LogP contribution < -0.4 is 10.6 Å². The molecule has 0 radical (unpaired) electrons. The van der Waals surface area contributed by atoms with Crippen molar-refractivity contribution in [3.05, 3.63) is 152 Å². The van der Waals surface area contributed by atoms with Crippen molar-refractivity contribution in [2.75, 3.05) is 65.9 Å². The second kappa shape index (κ2) is 37.0. The van der Waals surface area contributed by atoms with Crippen LogP contribution >= 0.6 is 18.0 Å². The maximum Gasteiger partial charge on any atom is 0.518 e. The highest BCUT2D eigenvalue weighted by atomic mass is 31.1. The van der Waals surface area contributed by atoms with Gasteiger partial charge in [0, 0.05) is 63.8 Å². The number of fused-ring (bicyclic) bond motifs is 2. The van der Waals surface area contributed by atoms with Gasteiger partial charge >= 0.3 is 18.3 Å². The number of nitro benzene ring substituents is 2. The summed E-state index contributed by atoms with van der Waals surface area (Å²) in [7, 11) is 2.31. The average Bonchev–Trinajstić information content (AvgIpc) is 1.86. The highest BCUT2D eigenvalue weighted by Crippen LogP contribution is 2.35. The molecule has 6 aliphatic heterocycles. The van der Waals surface area contributed by atoms with E-state index in [-0.39, 0.29) is 88.9 Å². The molecule has 28 nitrogen and oxygen atoms in total. The Kier molecular flexibility index (Phi) is 28.8. The molecule has 0 aliphatic carbocycles. The third kappa shape index (κ3) is 24.4. The van der Waals surface area contributed by atoms with E-state index in [0.717, 1.165) is 47.9 Å². The van der Waals surface area contributed by atoms with Crippen LogP contribution in [0.2, 0.25) is 0 Å². The molecule has 2 amide bonds. The number of benzene rings is 4. The van der Waals surface area contributed by atoms with Gasteiger partial charge in [-0.25, -0.2) is 18.9 Å². The van der Waals surface area contributed by atoms with Crippen LogP contribution in [0.25, 0.3) is 0 Å². The Morgan fingerprint density at radius 3 is 1.43 bits per heavy atom. The quantitative estimate of drug-likeness (QED) is 0.0158. The topological polar surface area (TPSA) is 332 Å². The molecule has 0 bridgehead atoms. The number of alkyl carbamates (subject to hydrolysis) is 2. The molecule has 0 aromatic heterocycles. The molecule has 0 saturated carbocycles. The lowest BCUT2D eigenvalue weighted by Gasteiger charge is -2.33. The number of ether oxygens (including phenoxy) is 9. The molecule has 0 spiro atoms. The Bertz CT molecular complexity index is 2970. The molecule has 6 heterocycles. The van der Waals surface area contributed by atoms with Crippen LogP contribution in [0.5, 0.6) is 0 Å². The number of nitro groups is 2. The summed E-state index contributed by atoms with van der Waals surface area (Å²) in [4.78, 5) is 70.5. The van der Waals surface area contributed by atoms with Crippen LogP contribution in [0.15, 0.2) is 114 Å². The fourth-order valence-corrected chi connectivity index (χ4v) is 11.5. The SMILES string of the molecule is CC(C)(C)OC(=O)NC(Cc1ccccc1)C(O)CN(Cc1ccc([N+](=O)[O-])cc1)OC1CCOCC1.O=C(NC(Cc1ccccc1)C(O)CN(Cc1ccc([N+](=O)[O-])cc1)OC1CCOCC1)OC1COC2OCCC12.O=C(OP=NP)OC1COC2OCCC12. The summed E-state index contributed by atoms with van der Waals surface area (Å²) >= 11 is 0. The lowest BCUT2D eigenvalue weighted by atomic mass is 10.0. The smallest absolute Gasteiger partial charge is 0.444 e. The molecule has 11 atom stereocenters. The Balaban J connectivity index is 0.000000196. The van der Waals surface area contributed by atoms with Crippen molar-refractivity contribution in [2.24, 2.45) is 16.4 Å². The van der Waals surface area contributed by atoms with Crippen LogP contribution in [0, 0.1) is 32.1 Å². The van der Waals surface area contributed by atoms with Crippen molar-refractivity contribution >= 4 is 47.7 Å². The highest BCUT2D eigenvalue weighted by Gasteiger charge is 2.45. The predicted molar refractivity (Wildman–Crippen MR) is 338 cm³/mol. The number of aliphatic hydroxyl groups excluding tert-OH is 2. The molecular weight excluding hydrogens is 1250 g/mol. The van der Waals surface area contributed by atoms with E-state index >= 15 is 0 Å². The van der Waals surface area contributed by atoms with Gasteiger partial charge in [0.25, 0.3) is 20.0 Å². The third-order valence-electron chi connectivity index (χ3n) is 15.9. The van der Waals surface area contributed by atoms with E-state index in [0.29, 0.717) is 78.5 Å². The summed E-state index contributed by atoms with van der Waals surface area (Å²) in [5.41, 5.74) is 2.80. The second-order valence-electron chi connectivity index (χ2n) is 24.0. The van der Waals surface area contributed by atoms with Gasteiger partial charge in [0.1, 0.15) is 17.8 Å². The maximum absolute atomic E-state index is 13.0. The van der Waals surface area contributed by atoms with Crippen LogP contribution in [0.4, 0.5) is 25.8 Å². The molecule has 4 N–H and O–H groups in total. The minimum absolute atomic E-state index is 0.000491. The normalized spacial score (nSPS) is 22.6. The molecule has 11 unspecified atom stereocenters. The van der Waals surface area contributed by atoms with Gasteiger partial charge in [0.2, 0.25) is 0 Å². The average molecular weight is 1340 g/mol. The fraction of sp³-hybridized carbons (Fsp3) is 0.571. The molecule has 10 rings (SSSR count). The van der Waals surface area contributed by atoms with E-state index in [1.165, 1.54) is 24.3 Å². The fourth-order valence-electron chi connectivity index (χ4n) is 11.2. The number of hydrogen-bond donors (Lipinski definition) is 4. The molecule has 6 aliphatic rings. The van der Waals surface area contributed by atoms with Gasteiger partial charge in [0.15, 0.2) is 12.6 Å². The molecular formula is C63H85N7O21P2. The number of non-ortho nitro benzene ring substituents is 2. The Labute approximate surface area is 543 Å². The van der Waals surface area contributed by atoms with Crippen molar-refractivity contribution in [3.63, 3.8) is 0 Å². The number of hydrogen-bond acceptors (Lipinski definition) is 24. The van der Waals surface area contributed by atoms with Crippen LogP contribution in [0.3, 0.4) is 0 Å². The van der Waals surface area contributed by atoms with Crippen LogP contribution in [-0.4, -0.2) is 181 Å². The Hall–Kier alpha value is -6.46. The standard InChI is InChI=1S/C29H37N3O9.C27H37N3O7.C7H11NO5P2/c33-26(18-31(41-23-10-13-37-14-11-23)17-21-6-8-22(9-7-21)32(35)36)25(16-20-4-2-1-3-5-20)30-29(34)40-27-19-39-28-24(27)12-15-38-28;1-27(2,3)36-26(32)28-24(17-20-7-5-4-6-8-20)25(31)19-29(37-23-13-15-35-16-14-23)18-21-9-11-22(12-10-21)30(33)34;9-7(13-15-8-14)12-5-3-11-6-4(5)1-2-10-6/h1-9,23-28,33H,10-19H2,(H,30,34);4-12,23-25,31H,13-19H2,1-3H3,(H,28,32);4-6H,1-3,14H2. The van der Waals surface area contributed by atoms with Crippen molar-refractivity contribution in [3.8, 4) is 0 Å². The Morgan fingerprint density at radius 1 is 0.602 bits per heavy atom. The first-order valence-electron chi connectivity index (χ1n) is 31.1. The number of nitrogens with zero attached hydrogens (tertiary/aromatic N) is 5. The van der Waals surface area contributed by atoms with Gasteiger partial charge < -0.3 is 68.0 Å². The minimum atomic E-state index is -1.02. The van der Waals surface area contributed by atoms with E-state index in [2.05, 4.69) is 29.1 Å². The first-order valence-corrected chi connectivity index (χ1v) is 32.4. The van der Waals surface area contributed by atoms with E-state index in [4.69, 9.17) is 52.3 Å². The first-order chi connectivity index (χ1) is 44.8. The number of carbonyl (C=O) groups is 3. The predicted octanol–water partition coefficient (Wildman–Crippen LogP) is 8.71. The number of nitrogens with one attached hydrogen (secondary N) is 2. The van der Waals surface area contributed by atoms with Crippen LogP contribution in [0.1, 0.15) is 81.5 Å². The van der Waals surface area contributed by atoms with Gasteiger partial charge in [-0.1, -0.05) is 84.9 Å². The second-order valence-corrected chi connectivity index (χ2v) is 25.3. The lowest BCUT2D eigenvalue weighted by Crippen LogP contribution is -2.51. The van der Waals surface area contributed by atoms with Crippen molar-refractivity contribution in [2.45, 2.75) is 152 Å². The minimum Gasteiger partial charge on any atom is -0.444 e. The monoisotopic (exact) mass is 1340 g/mol. The zero-order chi connectivity index (χ0) is 66.1. The van der Waals surface area contributed by atoms with Gasteiger partial charge in [0.05, 0.1) is 97.7 Å². The van der Waals surface area contributed by atoms with Gasteiger partial charge in [-0.3, -0.25) is 29.9 Å². The zero-order valence-electron chi connectivity index (χ0n) is 52.4. The first kappa shape index (κ1) is 72.4. The highest BCUT2D eigenvalue weighted by molar-refractivity contribution is 7.31. The molecule has 6 fully saturated rings. The van der Waals surface area contributed by atoms with Gasteiger partial charge in [-0.2, -0.15) is 10.1 Å². The molecule has 4 aromatic rings. The summed E-state index contributed by atoms with van der Waals surface area (Å²) in [6.45, 7) is 10.3. The lowest BCUT2D eigenvalue weighted by molar-refractivity contribution is -0.385. The van der Waals surface area contributed by atoms with E-state index in [9.17, 15) is 44.8 Å². The summed E-state index contributed by atoms with van der Waals surface area (Å²) < 4.78 is 57.0. The zero-order valence-corrected chi connectivity index (χ0v) is 54.4. The van der Waals surface area contributed by atoms with Gasteiger partial charge in [-0.05, 0) is 104 Å². The Morgan fingerprint density at radius 2 is 1.02 bits per heavy atom. The van der Waals surface area contributed by atoms with Crippen molar-refractivity contribution < 1.29 is 91.3 Å². The third-order valence-corrected chi connectivity index (χ3v) is 16.5. The van der Waals surface area contributed by atoms with E-state index in [1.54, 1.807) is 55.2 Å². The maximum atomic E-state index is 13.0. The van der Waals surface area contributed by atoms with Gasteiger partial charge in [-0.15, -0.1) is 0 Å². The molecule has 6 saturated heterocycles. The number of amides is 2. The molecule has 93 heavy (non-hydrogen) atoms. The molecule has 30 heteroatoms. The molecule has 4 aromatic carbocycles. The molecule has 508 valence electrons. The van der Waals surface area contributed by atoms with E-state index < -0.39 is 64.2 Å². The number of carbonyl (C=O) groups excluding carboxylic acids is 3. The summed E-state index contributed by atoms with van der Waals surface area (Å²) in [6.07, 6.45) is -0.135. The van der Waals surface area contributed by atoms with Crippen molar-refractivity contribution in [1.29, 1.82) is 0 Å². The van der Waals surface area contributed by atoms with Crippen molar-refractivity contribution in [1.82, 2.24) is 20.8 Å². The summed E-state index contributed by atoms with van der Waals surface area (Å²) in [5, 5.41) is 53.9. The van der Waals surface area contributed by atoms with Crippen LogP contribution in [-0.2, 0) is 82.8 Å². The van der Waals surface area contributed by atoms with E-state index in [1.807, 2.05) is 60.7 Å².